The van der Waals surface area contributed by atoms with Crippen LogP contribution >= 0.6 is 0 Å². The highest BCUT2D eigenvalue weighted by Gasteiger charge is 2.57. The van der Waals surface area contributed by atoms with Crippen molar-refractivity contribution in [2.75, 3.05) is 6.73 Å². The maximum Gasteiger partial charge on any atom is 0.432 e. The summed E-state index contributed by atoms with van der Waals surface area (Å²) in [7, 11) is 0. The number of urea groups is 1. The van der Waals surface area contributed by atoms with Gasteiger partial charge in [0, 0.05) is 0 Å². The second-order valence-electron chi connectivity index (χ2n) is 11.0. The molecule has 4 rings (SSSR count). The summed E-state index contributed by atoms with van der Waals surface area (Å²) in [6.07, 6.45) is -4.11. The highest BCUT2D eigenvalue weighted by molar-refractivity contribution is 6.03. The number of benzene rings is 2. The van der Waals surface area contributed by atoms with Gasteiger partial charge in [0.1, 0.15) is 24.0 Å². The Hall–Kier alpha value is -3.90. The van der Waals surface area contributed by atoms with Crippen molar-refractivity contribution in [3.63, 3.8) is 0 Å². The van der Waals surface area contributed by atoms with Crippen LogP contribution in [0.4, 0.5) is 4.79 Å². The van der Waals surface area contributed by atoms with E-state index in [1.165, 1.54) is 6.20 Å². The fourth-order valence-electron chi connectivity index (χ4n) is 4.67. The number of nitrogens with zero attached hydrogens (tertiary/aromatic N) is 1. The third-order valence-corrected chi connectivity index (χ3v) is 6.65. The van der Waals surface area contributed by atoms with E-state index in [9.17, 15) is 24.3 Å². The summed E-state index contributed by atoms with van der Waals surface area (Å²) in [5.74, 6) is -2.24. The average molecular weight is 568 g/mol. The Balaban J connectivity index is 1.65. The molecular weight excluding hydrogens is 532 g/mol. The first kappa shape index (κ1) is 30.1. The Morgan fingerprint density at radius 3 is 2.34 bits per heavy atom. The molecule has 0 spiro atoms. The number of imide groups is 1. The van der Waals surface area contributed by atoms with E-state index in [4.69, 9.17) is 18.9 Å². The minimum atomic E-state index is -1.84. The van der Waals surface area contributed by atoms with Gasteiger partial charge in [0.05, 0.1) is 24.2 Å². The minimum absolute atomic E-state index is 0.0941. The summed E-state index contributed by atoms with van der Waals surface area (Å²) in [6, 6.07) is 16.8. The molecule has 0 saturated carbocycles. The van der Waals surface area contributed by atoms with E-state index in [2.05, 4.69) is 5.32 Å². The third-order valence-electron chi connectivity index (χ3n) is 6.65. The zero-order chi connectivity index (χ0) is 29.8. The smallest absolute Gasteiger partial charge is 0.432 e. The van der Waals surface area contributed by atoms with Crippen molar-refractivity contribution in [1.82, 2.24) is 5.32 Å². The van der Waals surface area contributed by atoms with Gasteiger partial charge in [0.15, 0.2) is 12.8 Å². The predicted octanol–water partition coefficient (Wildman–Crippen LogP) is 3.17. The van der Waals surface area contributed by atoms with E-state index < -0.39 is 58.5 Å². The first-order chi connectivity index (χ1) is 19.4. The Bertz CT molecular complexity index is 1310. The molecule has 2 aliphatic rings. The fourth-order valence-corrected chi connectivity index (χ4v) is 4.67. The lowest BCUT2D eigenvalue weighted by molar-refractivity contribution is -0.872. The quantitative estimate of drug-likeness (QED) is 0.346. The van der Waals surface area contributed by atoms with Crippen LogP contribution in [0.2, 0.25) is 0 Å². The van der Waals surface area contributed by atoms with E-state index in [1.807, 2.05) is 30.3 Å². The van der Waals surface area contributed by atoms with Gasteiger partial charge in [-0.1, -0.05) is 48.5 Å². The lowest BCUT2D eigenvalue weighted by Gasteiger charge is -2.38. The van der Waals surface area contributed by atoms with E-state index >= 15 is 0 Å². The summed E-state index contributed by atoms with van der Waals surface area (Å²) in [4.78, 5) is 51.5. The van der Waals surface area contributed by atoms with Crippen molar-refractivity contribution in [3.8, 4) is 0 Å². The summed E-state index contributed by atoms with van der Waals surface area (Å²) < 4.78 is 22.5. The first-order valence-electron chi connectivity index (χ1n) is 13.3. The molecule has 2 aromatic rings. The standard InChI is InChI=1S/C30H34N2O9/c1-19-16-32(29(37)31-26(19)34,18-38-17-20-11-7-5-8-12-20)23-15-22(39-27(35)21-13-9-6-10-14-21)25(40-23)24(33)28(36)41-30(2,3)4/h5-14,16,22-25,33H,15,17-18H2,1-4H3/p+1/t22-,23+,24?,25-,32?/m0/s1. The van der Waals surface area contributed by atoms with Gasteiger partial charge in [-0.25, -0.2) is 19.7 Å². The van der Waals surface area contributed by atoms with E-state index in [-0.39, 0.29) is 30.9 Å². The van der Waals surface area contributed by atoms with Crippen LogP contribution in [0.25, 0.3) is 0 Å². The van der Waals surface area contributed by atoms with Crippen molar-refractivity contribution < 1.29 is 47.7 Å². The number of nitrogens with one attached hydrogen (secondary N) is 1. The second kappa shape index (κ2) is 12.3. The Labute approximate surface area is 238 Å². The SMILES string of the molecule is CC1=C[N+](COCc2ccccc2)([C@H]2C[C@H](OC(=O)c3ccccc3)[C@@H](C(O)C(=O)OC(C)(C)C)O2)C(=O)NC1=O. The number of amides is 3. The molecule has 11 heteroatoms. The number of aliphatic hydroxyl groups excluding tert-OH is 1. The predicted molar refractivity (Wildman–Crippen MR) is 144 cm³/mol. The lowest BCUT2D eigenvalue weighted by Crippen LogP contribution is -2.64. The molecule has 1 saturated heterocycles. The van der Waals surface area contributed by atoms with Gasteiger partial charge in [-0.3, -0.25) is 4.79 Å². The Kier molecular flexibility index (Phi) is 9.03. The van der Waals surface area contributed by atoms with Crippen molar-refractivity contribution >= 4 is 23.9 Å². The molecule has 0 bridgehead atoms. The monoisotopic (exact) mass is 567 g/mol. The molecule has 41 heavy (non-hydrogen) atoms. The highest BCUT2D eigenvalue weighted by Crippen LogP contribution is 2.36. The summed E-state index contributed by atoms with van der Waals surface area (Å²) in [5, 5.41) is 13.3. The van der Waals surface area contributed by atoms with Crippen molar-refractivity contribution in [2.24, 2.45) is 0 Å². The van der Waals surface area contributed by atoms with E-state index in [1.54, 1.807) is 58.0 Å². The molecule has 3 amide bonds. The van der Waals surface area contributed by atoms with Gasteiger partial charge < -0.3 is 24.1 Å². The number of aliphatic hydroxyl groups is 1. The number of rotatable bonds is 9. The molecule has 0 radical (unpaired) electrons. The molecule has 2 heterocycles. The van der Waals surface area contributed by atoms with E-state index in [0.29, 0.717) is 0 Å². The third kappa shape index (κ3) is 7.06. The van der Waals surface area contributed by atoms with Gasteiger partial charge in [0.2, 0.25) is 6.23 Å². The average Bonchev–Trinajstić information content (AvgIpc) is 3.35. The van der Waals surface area contributed by atoms with Gasteiger partial charge >= 0.3 is 18.0 Å². The topological polar surface area (TPSA) is 137 Å². The molecule has 2 unspecified atom stereocenters. The normalized spacial score (nSPS) is 25.2. The van der Waals surface area contributed by atoms with Crippen LogP contribution in [0.5, 0.6) is 0 Å². The van der Waals surface area contributed by atoms with Gasteiger partial charge in [0.25, 0.3) is 5.91 Å². The number of hydrogen-bond acceptors (Lipinski definition) is 9. The van der Waals surface area contributed by atoms with Crippen molar-refractivity contribution in [3.05, 3.63) is 83.6 Å². The molecular formula is C30H35N2O9+. The number of ether oxygens (including phenoxy) is 4. The first-order valence-corrected chi connectivity index (χ1v) is 13.3. The van der Waals surface area contributed by atoms with Crippen LogP contribution < -0.4 is 5.32 Å². The van der Waals surface area contributed by atoms with Gasteiger partial charge in [-0.05, 0) is 45.4 Å². The molecule has 2 aliphatic heterocycles. The van der Waals surface area contributed by atoms with Crippen LogP contribution in [-0.2, 0) is 35.1 Å². The maximum atomic E-state index is 13.4. The molecule has 0 aromatic heterocycles. The van der Waals surface area contributed by atoms with E-state index in [0.717, 1.165) is 5.56 Å². The molecule has 5 atom stereocenters. The molecule has 2 N–H and O–H groups in total. The number of hydrogen-bond donors (Lipinski definition) is 2. The van der Waals surface area contributed by atoms with Crippen molar-refractivity contribution in [2.45, 2.75) is 70.9 Å². The fraction of sp³-hybridized carbons (Fsp3) is 0.400. The molecule has 1 fully saturated rings. The minimum Gasteiger partial charge on any atom is -0.458 e. The largest absolute Gasteiger partial charge is 0.458 e. The molecule has 11 nitrogen and oxygen atoms in total. The molecule has 0 aliphatic carbocycles. The Morgan fingerprint density at radius 1 is 1.07 bits per heavy atom. The summed E-state index contributed by atoms with van der Waals surface area (Å²) in [6.45, 7) is 6.41. The molecule has 218 valence electrons. The van der Waals surface area contributed by atoms with Crippen LogP contribution in [0.1, 0.15) is 50.0 Å². The zero-order valence-electron chi connectivity index (χ0n) is 23.4. The van der Waals surface area contributed by atoms with Gasteiger partial charge in [-0.2, -0.15) is 4.48 Å². The van der Waals surface area contributed by atoms with Crippen LogP contribution in [0.15, 0.2) is 72.4 Å². The van der Waals surface area contributed by atoms with Crippen molar-refractivity contribution in [1.29, 1.82) is 0 Å². The number of esters is 2. The number of carbonyl (C=O) groups excluding carboxylic acids is 4. The number of quaternary nitrogens is 1. The zero-order valence-corrected chi connectivity index (χ0v) is 23.4. The van der Waals surface area contributed by atoms with Crippen LogP contribution in [0.3, 0.4) is 0 Å². The lowest BCUT2D eigenvalue weighted by atomic mass is 10.1. The Morgan fingerprint density at radius 2 is 1.71 bits per heavy atom. The summed E-state index contributed by atoms with van der Waals surface area (Å²) in [5.41, 5.74) is 0.456. The second-order valence-corrected chi connectivity index (χ2v) is 11.0. The summed E-state index contributed by atoms with van der Waals surface area (Å²) >= 11 is 0. The van der Waals surface area contributed by atoms with Gasteiger partial charge in [-0.15, -0.1) is 0 Å². The maximum absolute atomic E-state index is 13.4. The highest BCUT2D eigenvalue weighted by atomic mass is 16.6. The number of carbonyl (C=O) groups is 4. The van der Waals surface area contributed by atoms with Crippen LogP contribution in [-0.4, -0.2) is 70.3 Å². The van der Waals surface area contributed by atoms with Crippen LogP contribution in [0, 0.1) is 0 Å². The molecule has 2 aromatic carbocycles.